The van der Waals surface area contributed by atoms with Gasteiger partial charge >= 0.3 is 5.97 Å². The van der Waals surface area contributed by atoms with Gasteiger partial charge in [-0.3, -0.25) is 0 Å². The number of rotatable bonds is 3. The SMILES string of the molecule is CN(c1ncc(C(=O)O)c2ccccc12)C1CCSC1. The maximum Gasteiger partial charge on any atom is 0.337 e. The fourth-order valence-corrected chi connectivity index (χ4v) is 3.90. The van der Waals surface area contributed by atoms with Crippen molar-refractivity contribution in [2.24, 2.45) is 0 Å². The number of nitrogens with zero attached hydrogens (tertiary/aromatic N) is 2. The Morgan fingerprint density at radius 3 is 2.80 bits per heavy atom. The van der Waals surface area contributed by atoms with Crippen molar-refractivity contribution >= 4 is 34.3 Å². The van der Waals surface area contributed by atoms with E-state index in [2.05, 4.69) is 9.88 Å². The summed E-state index contributed by atoms with van der Waals surface area (Å²) in [6.07, 6.45) is 2.62. The third-order valence-corrected chi connectivity index (χ3v) is 4.94. The molecular weight excluding hydrogens is 272 g/mol. The van der Waals surface area contributed by atoms with Gasteiger partial charge in [-0.25, -0.2) is 9.78 Å². The summed E-state index contributed by atoms with van der Waals surface area (Å²) < 4.78 is 0. The molecule has 4 nitrogen and oxygen atoms in total. The molecule has 1 aromatic carbocycles. The van der Waals surface area contributed by atoms with Crippen molar-refractivity contribution < 1.29 is 9.90 Å². The van der Waals surface area contributed by atoms with Crippen LogP contribution in [0.4, 0.5) is 5.82 Å². The summed E-state index contributed by atoms with van der Waals surface area (Å²) >= 11 is 1.96. The molecule has 1 N–H and O–H groups in total. The molecule has 104 valence electrons. The predicted molar refractivity (Wildman–Crippen MR) is 82.8 cm³/mol. The van der Waals surface area contributed by atoms with Crippen LogP contribution in [0.25, 0.3) is 10.8 Å². The molecule has 1 aromatic heterocycles. The Morgan fingerprint density at radius 1 is 1.40 bits per heavy atom. The molecule has 1 unspecified atom stereocenters. The van der Waals surface area contributed by atoms with E-state index in [4.69, 9.17) is 0 Å². The van der Waals surface area contributed by atoms with E-state index in [0.717, 1.165) is 28.8 Å². The van der Waals surface area contributed by atoms with E-state index in [1.165, 1.54) is 11.9 Å². The minimum absolute atomic E-state index is 0.263. The molecule has 0 bridgehead atoms. The number of pyridine rings is 1. The highest BCUT2D eigenvalue weighted by Crippen LogP contribution is 2.31. The van der Waals surface area contributed by atoms with Crippen molar-refractivity contribution in [2.75, 3.05) is 23.5 Å². The van der Waals surface area contributed by atoms with Gasteiger partial charge in [-0.2, -0.15) is 11.8 Å². The summed E-state index contributed by atoms with van der Waals surface area (Å²) in [5.74, 6) is 2.23. The molecular formula is C15H16N2O2S. The summed E-state index contributed by atoms with van der Waals surface area (Å²) in [5.41, 5.74) is 0.263. The average Bonchev–Trinajstić information content (AvgIpc) is 2.99. The quantitative estimate of drug-likeness (QED) is 0.941. The van der Waals surface area contributed by atoms with Crippen LogP contribution in [0.2, 0.25) is 0 Å². The molecule has 0 spiro atoms. The molecule has 0 radical (unpaired) electrons. The molecule has 1 aliphatic rings. The van der Waals surface area contributed by atoms with Crippen LogP contribution in [-0.4, -0.2) is 40.7 Å². The van der Waals surface area contributed by atoms with E-state index in [9.17, 15) is 9.90 Å². The maximum absolute atomic E-state index is 11.3. The topological polar surface area (TPSA) is 53.4 Å². The number of fused-ring (bicyclic) bond motifs is 1. The molecule has 0 aliphatic carbocycles. The molecule has 1 aliphatic heterocycles. The van der Waals surface area contributed by atoms with E-state index in [1.54, 1.807) is 0 Å². The standard InChI is InChI=1S/C15H16N2O2S/c1-17(10-6-7-20-9-10)14-12-5-3-2-4-11(12)13(8-16-14)15(18)19/h2-5,8,10H,6-7,9H2,1H3,(H,18,19). The first-order valence-corrected chi connectivity index (χ1v) is 7.75. The highest BCUT2D eigenvalue weighted by Gasteiger charge is 2.23. The van der Waals surface area contributed by atoms with Gasteiger partial charge in [-0.05, 0) is 12.2 Å². The lowest BCUT2D eigenvalue weighted by Crippen LogP contribution is -2.32. The lowest BCUT2D eigenvalue weighted by atomic mass is 10.1. The first-order valence-electron chi connectivity index (χ1n) is 6.60. The zero-order valence-corrected chi connectivity index (χ0v) is 12.1. The second kappa shape index (κ2) is 5.32. The average molecular weight is 288 g/mol. The van der Waals surface area contributed by atoms with Crippen molar-refractivity contribution in [2.45, 2.75) is 12.5 Å². The van der Waals surface area contributed by atoms with E-state index in [-0.39, 0.29) is 5.56 Å². The molecule has 3 rings (SSSR count). The third kappa shape index (κ3) is 2.22. The molecule has 20 heavy (non-hydrogen) atoms. The number of aromatic nitrogens is 1. The molecule has 2 aromatic rings. The number of anilines is 1. The van der Waals surface area contributed by atoms with Gasteiger partial charge in [0.25, 0.3) is 0 Å². The van der Waals surface area contributed by atoms with Crippen LogP contribution in [0, 0.1) is 0 Å². The smallest absolute Gasteiger partial charge is 0.337 e. The van der Waals surface area contributed by atoms with Gasteiger partial charge in [0.1, 0.15) is 5.82 Å². The van der Waals surface area contributed by atoms with Gasteiger partial charge in [-0.15, -0.1) is 0 Å². The van der Waals surface area contributed by atoms with Crippen LogP contribution in [-0.2, 0) is 0 Å². The predicted octanol–water partition coefficient (Wildman–Crippen LogP) is 2.87. The summed E-state index contributed by atoms with van der Waals surface area (Å²) in [7, 11) is 2.05. The first kappa shape index (κ1) is 13.2. The second-order valence-corrected chi connectivity index (χ2v) is 6.12. The number of hydrogen-bond donors (Lipinski definition) is 1. The van der Waals surface area contributed by atoms with Crippen molar-refractivity contribution in [3.05, 3.63) is 36.0 Å². The van der Waals surface area contributed by atoms with E-state index in [0.29, 0.717) is 6.04 Å². The molecule has 0 saturated carbocycles. The summed E-state index contributed by atoms with van der Waals surface area (Å²) in [5, 5.41) is 10.9. The highest BCUT2D eigenvalue weighted by molar-refractivity contribution is 7.99. The fourth-order valence-electron chi connectivity index (χ4n) is 2.63. The summed E-state index contributed by atoms with van der Waals surface area (Å²) in [4.78, 5) is 17.9. The highest BCUT2D eigenvalue weighted by atomic mass is 32.2. The van der Waals surface area contributed by atoms with Crippen LogP contribution in [0.1, 0.15) is 16.8 Å². The number of carboxylic acid groups (broad SMARTS) is 1. The summed E-state index contributed by atoms with van der Waals surface area (Å²) in [6.45, 7) is 0. The lowest BCUT2D eigenvalue weighted by Gasteiger charge is -2.26. The number of benzene rings is 1. The van der Waals surface area contributed by atoms with E-state index >= 15 is 0 Å². The monoisotopic (exact) mass is 288 g/mol. The largest absolute Gasteiger partial charge is 0.478 e. The number of carbonyl (C=O) groups is 1. The Bertz CT molecular complexity index is 653. The van der Waals surface area contributed by atoms with Crippen molar-refractivity contribution in [1.29, 1.82) is 0 Å². The van der Waals surface area contributed by atoms with Crippen molar-refractivity contribution in [3.8, 4) is 0 Å². The summed E-state index contributed by atoms with van der Waals surface area (Å²) in [6, 6.07) is 8.07. The molecule has 5 heteroatoms. The van der Waals surface area contributed by atoms with E-state index < -0.39 is 5.97 Å². The van der Waals surface area contributed by atoms with Crippen LogP contribution >= 0.6 is 11.8 Å². The van der Waals surface area contributed by atoms with Crippen LogP contribution in [0.5, 0.6) is 0 Å². The molecule has 1 atom stereocenters. The fraction of sp³-hybridized carbons (Fsp3) is 0.333. The minimum atomic E-state index is -0.931. The number of carboxylic acids is 1. The third-order valence-electron chi connectivity index (χ3n) is 3.79. The minimum Gasteiger partial charge on any atom is -0.478 e. The van der Waals surface area contributed by atoms with Gasteiger partial charge in [0.2, 0.25) is 0 Å². The Balaban J connectivity index is 2.12. The van der Waals surface area contributed by atoms with Gasteiger partial charge in [0.05, 0.1) is 5.56 Å². The van der Waals surface area contributed by atoms with E-state index in [1.807, 2.05) is 43.1 Å². The molecule has 1 saturated heterocycles. The number of thioether (sulfide) groups is 1. The molecule has 0 amide bonds. The zero-order chi connectivity index (χ0) is 14.1. The van der Waals surface area contributed by atoms with Gasteiger partial charge in [0, 0.05) is 35.8 Å². The second-order valence-electron chi connectivity index (χ2n) is 4.97. The molecule has 1 fully saturated rings. The lowest BCUT2D eigenvalue weighted by molar-refractivity contribution is 0.0698. The van der Waals surface area contributed by atoms with Crippen LogP contribution in [0.3, 0.4) is 0 Å². The van der Waals surface area contributed by atoms with Crippen molar-refractivity contribution in [1.82, 2.24) is 4.98 Å². The Morgan fingerprint density at radius 2 is 2.15 bits per heavy atom. The number of hydrogen-bond acceptors (Lipinski definition) is 4. The maximum atomic E-state index is 11.3. The normalized spacial score (nSPS) is 18.4. The first-order chi connectivity index (χ1) is 9.68. The Kier molecular flexibility index (Phi) is 3.53. The van der Waals surface area contributed by atoms with Gasteiger partial charge in [-0.1, -0.05) is 24.3 Å². The Labute approximate surface area is 121 Å². The van der Waals surface area contributed by atoms with Crippen molar-refractivity contribution in [3.63, 3.8) is 0 Å². The van der Waals surface area contributed by atoms with Crippen LogP contribution < -0.4 is 4.90 Å². The molecule has 2 heterocycles. The van der Waals surface area contributed by atoms with Gasteiger partial charge in [0.15, 0.2) is 0 Å². The number of aromatic carboxylic acids is 1. The zero-order valence-electron chi connectivity index (χ0n) is 11.2. The van der Waals surface area contributed by atoms with Gasteiger partial charge < -0.3 is 10.0 Å². The van der Waals surface area contributed by atoms with Crippen LogP contribution in [0.15, 0.2) is 30.5 Å². The Hall–Kier alpha value is -1.75.